The van der Waals surface area contributed by atoms with Crippen molar-refractivity contribution in [1.82, 2.24) is 0 Å². The number of hydrogen-bond acceptors (Lipinski definition) is 1. The molecule has 1 nitrogen and oxygen atoms in total. The van der Waals surface area contributed by atoms with E-state index in [2.05, 4.69) is 5.92 Å². The number of terminal acetylenes is 1. The van der Waals surface area contributed by atoms with E-state index in [1.165, 1.54) is 6.07 Å². The van der Waals surface area contributed by atoms with Crippen LogP contribution in [0.15, 0.2) is 24.3 Å². The van der Waals surface area contributed by atoms with E-state index < -0.39 is 5.82 Å². The normalized spacial score (nSPS) is 10.8. The first-order valence-corrected chi connectivity index (χ1v) is 5.47. The van der Waals surface area contributed by atoms with Crippen LogP contribution in [0.25, 0.3) is 10.8 Å². The predicted octanol–water partition coefficient (Wildman–Crippen LogP) is 3.79. The van der Waals surface area contributed by atoms with Gasteiger partial charge in [-0.2, -0.15) is 0 Å². The Morgan fingerprint density at radius 3 is 2.53 bits per heavy atom. The van der Waals surface area contributed by atoms with Gasteiger partial charge in [-0.3, -0.25) is 0 Å². The van der Waals surface area contributed by atoms with Gasteiger partial charge in [0, 0.05) is 10.8 Å². The Kier molecular flexibility index (Phi) is 2.77. The highest BCUT2D eigenvalue weighted by atomic mass is 19.1. The Morgan fingerprint density at radius 2 is 1.94 bits per heavy atom. The van der Waals surface area contributed by atoms with Crippen molar-refractivity contribution in [2.24, 2.45) is 0 Å². The van der Waals surface area contributed by atoms with Crippen LogP contribution in [0.5, 0.6) is 5.75 Å². The average Bonchev–Trinajstić information content (AvgIpc) is 2.28. The summed E-state index contributed by atoms with van der Waals surface area (Å²) >= 11 is 0. The molecule has 86 valence electrons. The van der Waals surface area contributed by atoms with Gasteiger partial charge in [-0.1, -0.05) is 25.8 Å². The summed E-state index contributed by atoms with van der Waals surface area (Å²) in [6.45, 7) is 4.02. The number of fused-ring (bicyclic) bond motifs is 1. The lowest BCUT2D eigenvalue weighted by Gasteiger charge is -2.13. The number of benzene rings is 2. The first-order valence-electron chi connectivity index (χ1n) is 5.47. The van der Waals surface area contributed by atoms with E-state index in [-0.39, 0.29) is 17.2 Å². The van der Waals surface area contributed by atoms with Gasteiger partial charge in [0.15, 0.2) is 0 Å². The minimum atomic E-state index is -0.424. The molecule has 0 aliphatic heterocycles. The van der Waals surface area contributed by atoms with Gasteiger partial charge in [-0.05, 0) is 29.7 Å². The Morgan fingerprint density at radius 1 is 1.24 bits per heavy atom. The van der Waals surface area contributed by atoms with Crippen molar-refractivity contribution in [2.45, 2.75) is 19.8 Å². The van der Waals surface area contributed by atoms with Crippen LogP contribution in [0.1, 0.15) is 30.9 Å². The molecule has 0 aliphatic carbocycles. The molecule has 0 radical (unpaired) electrons. The summed E-state index contributed by atoms with van der Waals surface area (Å²) in [5.41, 5.74) is 1.17. The fourth-order valence-corrected chi connectivity index (χ4v) is 2.05. The highest BCUT2D eigenvalue weighted by molar-refractivity contribution is 5.95. The second kappa shape index (κ2) is 4.10. The van der Waals surface area contributed by atoms with Crippen molar-refractivity contribution in [3.05, 3.63) is 41.2 Å². The topological polar surface area (TPSA) is 20.2 Å². The molecule has 0 heterocycles. The molecule has 0 saturated heterocycles. The van der Waals surface area contributed by atoms with E-state index in [1.54, 1.807) is 18.2 Å². The lowest BCUT2D eigenvalue weighted by Crippen LogP contribution is -1.95. The SMILES string of the molecule is C#Cc1c(F)ccc2c(O)ccc(C(C)C)c12. The highest BCUT2D eigenvalue weighted by Gasteiger charge is 2.14. The molecule has 0 aromatic heterocycles. The van der Waals surface area contributed by atoms with Crippen molar-refractivity contribution in [1.29, 1.82) is 0 Å². The minimum absolute atomic E-state index is 0.126. The van der Waals surface area contributed by atoms with E-state index in [9.17, 15) is 9.50 Å². The number of halogens is 1. The largest absolute Gasteiger partial charge is 0.507 e. The predicted molar refractivity (Wildman–Crippen MR) is 67.6 cm³/mol. The second-order valence-corrected chi connectivity index (χ2v) is 4.32. The maximum atomic E-state index is 13.7. The van der Waals surface area contributed by atoms with Crippen molar-refractivity contribution in [3.63, 3.8) is 0 Å². The molecule has 2 heteroatoms. The van der Waals surface area contributed by atoms with Crippen LogP contribution in [0.4, 0.5) is 4.39 Å². The van der Waals surface area contributed by atoms with Crippen LogP contribution >= 0.6 is 0 Å². The summed E-state index contributed by atoms with van der Waals surface area (Å²) in [4.78, 5) is 0. The van der Waals surface area contributed by atoms with Gasteiger partial charge in [0.05, 0.1) is 5.56 Å². The molecule has 17 heavy (non-hydrogen) atoms. The highest BCUT2D eigenvalue weighted by Crippen LogP contribution is 2.34. The van der Waals surface area contributed by atoms with Gasteiger partial charge in [-0.15, -0.1) is 6.42 Å². The zero-order valence-corrected chi connectivity index (χ0v) is 9.79. The Labute approximate surface area is 99.9 Å². The summed E-state index contributed by atoms with van der Waals surface area (Å²) in [5, 5.41) is 11.0. The number of phenols is 1. The third-order valence-electron chi connectivity index (χ3n) is 2.91. The monoisotopic (exact) mass is 228 g/mol. The maximum absolute atomic E-state index is 13.7. The molecule has 2 aromatic carbocycles. The fourth-order valence-electron chi connectivity index (χ4n) is 2.05. The van der Waals surface area contributed by atoms with Crippen LogP contribution < -0.4 is 0 Å². The van der Waals surface area contributed by atoms with Crippen LogP contribution in [-0.4, -0.2) is 5.11 Å². The quantitative estimate of drug-likeness (QED) is 0.736. The van der Waals surface area contributed by atoms with Crippen LogP contribution in [0.2, 0.25) is 0 Å². The summed E-state index contributed by atoms with van der Waals surface area (Å²) < 4.78 is 13.7. The zero-order chi connectivity index (χ0) is 12.6. The molecule has 0 unspecified atom stereocenters. The summed E-state index contributed by atoms with van der Waals surface area (Å²) in [7, 11) is 0. The van der Waals surface area contributed by atoms with Crippen LogP contribution in [0.3, 0.4) is 0 Å². The van der Waals surface area contributed by atoms with Gasteiger partial charge in [0.2, 0.25) is 0 Å². The number of hydrogen-bond donors (Lipinski definition) is 1. The van der Waals surface area contributed by atoms with E-state index in [0.717, 1.165) is 5.56 Å². The molecule has 0 fully saturated rings. The van der Waals surface area contributed by atoms with Crippen LogP contribution in [0, 0.1) is 18.2 Å². The molecule has 0 atom stereocenters. The number of phenolic OH excluding ortho intramolecular Hbond substituents is 1. The smallest absolute Gasteiger partial charge is 0.139 e. The average molecular weight is 228 g/mol. The van der Waals surface area contributed by atoms with Crippen molar-refractivity contribution < 1.29 is 9.50 Å². The molecule has 2 rings (SSSR count). The van der Waals surface area contributed by atoms with Gasteiger partial charge in [0.25, 0.3) is 0 Å². The Balaban J connectivity index is 3.01. The summed E-state index contributed by atoms with van der Waals surface area (Å²) in [6, 6.07) is 6.27. The van der Waals surface area contributed by atoms with Crippen molar-refractivity contribution in [2.75, 3.05) is 0 Å². The fraction of sp³-hybridized carbons (Fsp3) is 0.200. The molecule has 0 aliphatic rings. The maximum Gasteiger partial charge on any atom is 0.139 e. The van der Waals surface area contributed by atoms with Gasteiger partial charge >= 0.3 is 0 Å². The molecule has 0 saturated carbocycles. The summed E-state index contributed by atoms with van der Waals surface area (Å²) in [5.74, 6) is 2.29. The van der Waals surface area contributed by atoms with E-state index in [4.69, 9.17) is 6.42 Å². The molecule has 0 spiro atoms. The third kappa shape index (κ3) is 1.74. The minimum Gasteiger partial charge on any atom is -0.507 e. The van der Waals surface area contributed by atoms with Gasteiger partial charge in [-0.25, -0.2) is 4.39 Å². The Hall–Kier alpha value is -2.01. The van der Waals surface area contributed by atoms with Gasteiger partial charge < -0.3 is 5.11 Å². The number of rotatable bonds is 1. The number of aromatic hydroxyl groups is 1. The molecule has 0 amide bonds. The standard InChI is InChI=1S/C15H13FO/c1-4-10-13(16)7-5-12-14(17)8-6-11(9(2)3)15(10)12/h1,5-9,17H,2-3H3. The summed E-state index contributed by atoms with van der Waals surface area (Å²) in [6.07, 6.45) is 5.36. The van der Waals surface area contributed by atoms with Gasteiger partial charge in [0.1, 0.15) is 11.6 Å². The van der Waals surface area contributed by atoms with E-state index in [0.29, 0.717) is 10.8 Å². The first kappa shape index (κ1) is 11.5. The molecular formula is C15H13FO. The lowest BCUT2D eigenvalue weighted by atomic mass is 9.92. The second-order valence-electron chi connectivity index (χ2n) is 4.32. The molecular weight excluding hydrogens is 215 g/mol. The van der Waals surface area contributed by atoms with E-state index >= 15 is 0 Å². The van der Waals surface area contributed by atoms with Crippen molar-refractivity contribution >= 4 is 10.8 Å². The van der Waals surface area contributed by atoms with Crippen LogP contribution in [-0.2, 0) is 0 Å². The zero-order valence-electron chi connectivity index (χ0n) is 9.79. The third-order valence-corrected chi connectivity index (χ3v) is 2.91. The molecule has 0 bridgehead atoms. The molecule has 1 N–H and O–H groups in total. The molecule has 2 aromatic rings. The van der Waals surface area contributed by atoms with E-state index in [1.807, 2.05) is 13.8 Å². The lowest BCUT2D eigenvalue weighted by molar-refractivity contribution is 0.481. The first-order chi connectivity index (χ1) is 8.06. The Bertz CT molecular complexity index is 621. The van der Waals surface area contributed by atoms with Crippen molar-refractivity contribution in [3.8, 4) is 18.1 Å².